The van der Waals surface area contributed by atoms with Crippen molar-refractivity contribution in [2.24, 2.45) is 17.8 Å². The summed E-state index contributed by atoms with van der Waals surface area (Å²) in [4.78, 5) is 11.0. The molecular weight excluding hydrogens is 138 g/mol. The van der Waals surface area contributed by atoms with Crippen molar-refractivity contribution in [1.29, 1.82) is 0 Å². The lowest BCUT2D eigenvalue weighted by Crippen LogP contribution is -2.63. The maximum atomic E-state index is 11.0. The first kappa shape index (κ1) is 6.04. The van der Waals surface area contributed by atoms with E-state index in [4.69, 9.17) is 0 Å². The standard InChI is InChI=1S/C9H13NO/c11-9-7-3-5-1-2-6(5)4-8(7)10-9/h5-8H,1-4H2,(H,10,11). The Morgan fingerprint density at radius 2 is 1.91 bits per heavy atom. The van der Waals surface area contributed by atoms with Gasteiger partial charge in [0, 0.05) is 6.04 Å². The van der Waals surface area contributed by atoms with Gasteiger partial charge in [0.15, 0.2) is 0 Å². The number of rotatable bonds is 0. The molecule has 4 atom stereocenters. The second-order valence-electron chi connectivity index (χ2n) is 4.29. The Kier molecular flexibility index (Phi) is 0.984. The van der Waals surface area contributed by atoms with E-state index in [1.54, 1.807) is 0 Å². The van der Waals surface area contributed by atoms with Crippen LogP contribution in [0.4, 0.5) is 0 Å². The molecule has 2 nitrogen and oxygen atoms in total. The van der Waals surface area contributed by atoms with Crippen molar-refractivity contribution in [2.75, 3.05) is 0 Å². The Balaban J connectivity index is 1.76. The number of fused-ring (bicyclic) bond motifs is 2. The Bertz CT molecular complexity index is 214. The number of nitrogens with one attached hydrogen (secondary N) is 1. The SMILES string of the molecule is O=C1NC2CC3CCC3CC12. The van der Waals surface area contributed by atoms with E-state index in [0.717, 1.165) is 11.8 Å². The van der Waals surface area contributed by atoms with Crippen LogP contribution in [0.2, 0.25) is 0 Å². The van der Waals surface area contributed by atoms with Crippen molar-refractivity contribution >= 4 is 5.91 Å². The molecule has 4 unspecified atom stereocenters. The van der Waals surface area contributed by atoms with Crippen molar-refractivity contribution < 1.29 is 4.79 Å². The molecule has 3 rings (SSSR count). The van der Waals surface area contributed by atoms with Crippen molar-refractivity contribution in [3.63, 3.8) is 0 Å². The van der Waals surface area contributed by atoms with Crippen molar-refractivity contribution in [3.8, 4) is 0 Å². The van der Waals surface area contributed by atoms with E-state index >= 15 is 0 Å². The summed E-state index contributed by atoms with van der Waals surface area (Å²) in [6.45, 7) is 0. The van der Waals surface area contributed by atoms with Crippen molar-refractivity contribution in [1.82, 2.24) is 5.32 Å². The highest BCUT2D eigenvalue weighted by Crippen LogP contribution is 2.49. The van der Waals surface area contributed by atoms with E-state index < -0.39 is 0 Å². The van der Waals surface area contributed by atoms with E-state index in [1.165, 1.54) is 25.7 Å². The first-order valence-electron chi connectivity index (χ1n) is 4.65. The molecule has 1 saturated heterocycles. The predicted octanol–water partition coefficient (Wildman–Crippen LogP) is 0.921. The molecule has 1 heterocycles. The largest absolute Gasteiger partial charge is 0.352 e. The number of amides is 1. The minimum atomic E-state index is 0.320. The van der Waals surface area contributed by atoms with Crippen LogP contribution in [0.5, 0.6) is 0 Å². The van der Waals surface area contributed by atoms with Crippen molar-refractivity contribution in [2.45, 2.75) is 31.7 Å². The molecule has 1 amide bonds. The third-order valence-electron chi connectivity index (χ3n) is 3.84. The van der Waals surface area contributed by atoms with Gasteiger partial charge in [0.2, 0.25) is 5.91 Å². The van der Waals surface area contributed by atoms with Crippen LogP contribution >= 0.6 is 0 Å². The molecule has 0 aromatic heterocycles. The lowest BCUT2D eigenvalue weighted by Gasteiger charge is -2.51. The van der Waals surface area contributed by atoms with E-state index in [-0.39, 0.29) is 0 Å². The van der Waals surface area contributed by atoms with Gasteiger partial charge in [0.05, 0.1) is 5.92 Å². The van der Waals surface area contributed by atoms with Gasteiger partial charge < -0.3 is 5.32 Å². The first-order chi connectivity index (χ1) is 5.34. The average molecular weight is 151 g/mol. The van der Waals surface area contributed by atoms with Gasteiger partial charge in [-0.05, 0) is 37.5 Å². The highest BCUT2D eigenvalue weighted by atomic mass is 16.2. The minimum Gasteiger partial charge on any atom is -0.352 e. The number of carbonyl (C=O) groups is 1. The third kappa shape index (κ3) is 0.652. The zero-order valence-electron chi connectivity index (χ0n) is 6.55. The molecule has 60 valence electrons. The summed E-state index contributed by atoms with van der Waals surface area (Å²) < 4.78 is 0. The molecule has 0 spiro atoms. The van der Waals surface area contributed by atoms with Crippen LogP contribution in [0.1, 0.15) is 25.7 Å². The quantitative estimate of drug-likeness (QED) is 0.512. The summed E-state index contributed by atoms with van der Waals surface area (Å²) in [7, 11) is 0. The summed E-state index contributed by atoms with van der Waals surface area (Å²) in [5.74, 6) is 2.62. The van der Waals surface area contributed by atoms with Crippen LogP contribution in [-0.2, 0) is 4.79 Å². The number of carbonyl (C=O) groups excluding carboxylic acids is 1. The maximum absolute atomic E-state index is 11.0. The van der Waals surface area contributed by atoms with Crippen LogP contribution in [0.15, 0.2) is 0 Å². The zero-order valence-corrected chi connectivity index (χ0v) is 6.55. The minimum absolute atomic E-state index is 0.320. The zero-order chi connectivity index (χ0) is 7.42. The smallest absolute Gasteiger partial charge is 0.225 e. The van der Waals surface area contributed by atoms with Gasteiger partial charge in [-0.25, -0.2) is 0 Å². The van der Waals surface area contributed by atoms with Crippen LogP contribution in [0, 0.1) is 17.8 Å². The summed E-state index contributed by atoms with van der Waals surface area (Å²) in [5, 5.41) is 2.99. The molecule has 0 bridgehead atoms. The normalized spacial score (nSPS) is 52.9. The fourth-order valence-corrected chi connectivity index (χ4v) is 2.88. The molecule has 2 saturated carbocycles. The summed E-state index contributed by atoms with van der Waals surface area (Å²) in [5.41, 5.74) is 0. The Morgan fingerprint density at radius 1 is 1.18 bits per heavy atom. The molecule has 2 aliphatic carbocycles. The molecule has 1 aliphatic heterocycles. The summed E-state index contributed by atoms with van der Waals surface area (Å²) in [6, 6.07) is 0.573. The fraction of sp³-hybridized carbons (Fsp3) is 0.889. The molecule has 0 radical (unpaired) electrons. The predicted molar refractivity (Wildman–Crippen MR) is 40.9 cm³/mol. The van der Waals surface area contributed by atoms with Gasteiger partial charge in [-0.1, -0.05) is 0 Å². The Labute approximate surface area is 66.4 Å². The number of hydrogen-bond donors (Lipinski definition) is 1. The van der Waals surface area contributed by atoms with Crippen molar-refractivity contribution in [3.05, 3.63) is 0 Å². The van der Waals surface area contributed by atoms with E-state index in [9.17, 15) is 4.79 Å². The molecule has 0 aromatic carbocycles. The maximum Gasteiger partial charge on any atom is 0.225 e. The van der Waals surface area contributed by atoms with Crippen LogP contribution < -0.4 is 5.32 Å². The highest BCUT2D eigenvalue weighted by molar-refractivity contribution is 5.86. The number of hydrogen-bond acceptors (Lipinski definition) is 1. The fourth-order valence-electron chi connectivity index (χ4n) is 2.88. The molecular formula is C9H13NO. The second kappa shape index (κ2) is 1.79. The van der Waals surface area contributed by atoms with E-state index in [1.807, 2.05) is 0 Å². The first-order valence-corrected chi connectivity index (χ1v) is 4.65. The van der Waals surface area contributed by atoms with E-state index in [2.05, 4.69) is 5.32 Å². The van der Waals surface area contributed by atoms with Gasteiger partial charge in [0.25, 0.3) is 0 Å². The topological polar surface area (TPSA) is 29.1 Å². The van der Waals surface area contributed by atoms with Gasteiger partial charge in [-0.3, -0.25) is 4.79 Å². The summed E-state index contributed by atoms with van der Waals surface area (Å²) in [6.07, 6.45) is 5.28. The third-order valence-corrected chi connectivity index (χ3v) is 3.84. The van der Waals surface area contributed by atoms with Gasteiger partial charge >= 0.3 is 0 Å². The highest BCUT2D eigenvalue weighted by Gasteiger charge is 2.49. The molecule has 0 aromatic rings. The molecule has 1 N–H and O–H groups in total. The van der Waals surface area contributed by atoms with Crippen LogP contribution in [0.3, 0.4) is 0 Å². The Morgan fingerprint density at radius 3 is 2.55 bits per heavy atom. The monoisotopic (exact) mass is 151 g/mol. The lowest BCUT2D eigenvalue weighted by atomic mass is 9.59. The molecule has 3 fully saturated rings. The molecule has 11 heavy (non-hydrogen) atoms. The van der Waals surface area contributed by atoms with Crippen LogP contribution in [-0.4, -0.2) is 11.9 Å². The number of β-lactam (4-membered cyclic amide) rings is 1. The average Bonchev–Trinajstić information content (AvgIpc) is 1.93. The van der Waals surface area contributed by atoms with Crippen LogP contribution in [0.25, 0.3) is 0 Å². The van der Waals surface area contributed by atoms with Gasteiger partial charge in [-0.15, -0.1) is 0 Å². The Hall–Kier alpha value is -0.530. The summed E-state index contributed by atoms with van der Waals surface area (Å²) >= 11 is 0. The van der Waals surface area contributed by atoms with Gasteiger partial charge in [-0.2, -0.15) is 0 Å². The lowest BCUT2D eigenvalue weighted by molar-refractivity contribution is -0.141. The van der Waals surface area contributed by atoms with E-state index in [0.29, 0.717) is 17.9 Å². The molecule has 2 heteroatoms. The second-order valence-corrected chi connectivity index (χ2v) is 4.29. The van der Waals surface area contributed by atoms with Gasteiger partial charge in [0.1, 0.15) is 0 Å². The molecule has 3 aliphatic rings.